The van der Waals surface area contributed by atoms with Gasteiger partial charge in [0.1, 0.15) is 11.5 Å². The molecule has 0 spiro atoms. The summed E-state index contributed by atoms with van der Waals surface area (Å²) in [5.41, 5.74) is 4.23. The lowest BCUT2D eigenvalue weighted by molar-refractivity contribution is -0.140. The smallest absolute Gasteiger partial charge is 0.295 e. The summed E-state index contributed by atoms with van der Waals surface area (Å²) in [5, 5.41) is 11.3. The number of rotatable bonds is 5. The molecule has 1 aliphatic heterocycles. The van der Waals surface area contributed by atoms with Gasteiger partial charge in [0.2, 0.25) is 0 Å². The molecule has 0 aromatic heterocycles. The molecule has 186 valence electrons. The lowest BCUT2D eigenvalue weighted by Gasteiger charge is -2.26. The van der Waals surface area contributed by atoms with E-state index >= 15 is 0 Å². The van der Waals surface area contributed by atoms with Gasteiger partial charge in [-0.2, -0.15) is 0 Å². The van der Waals surface area contributed by atoms with Crippen molar-refractivity contribution in [1.29, 1.82) is 0 Å². The molecule has 1 aliphatic rings. The first-order valence-electron chi connectivity index (χ1n) is 11.8. The van der Waals surface area contributed by atoms with Crippen molar-refractivity contribution in [2.24, 2.45) is 0 Å². The summed E-state index contributed by atoms with van der Waals surface area (Å²) in [6, 6.07) is 20.0. The van der Waals surface area contributed by atoms with E-state index in [4.69, 9.17) is 4.74 Å². The molecule has 0 bridgehead atoms. The Morgan fingerprint density at radius 3 is 2.19 bits per heavy atom. The first-order chi connectivity index (χ1) is 17.0. The van der Waals surface area contributed by atoms with Crippen LogP contribution in [0, 0.1) is 6.92 Å². The summed E-state index contributed by atoms with van der Waals surface area (Å²) >= 11 is 3.48. The fraction of sp³-hybridized carbons (Fsp3) is 0.267. The lowest BCUT2D eigenvalue weighted by Crippen LogP contribution is -2.29. The SMILES string of the molecule is COc1ccc(CN2C(=O)C(=O)/C(=C(\O)c3ccc(Br)c(C)c3)C2c2ccc(C(C)(C)C)cc2)cc1. The molecule has 4 rings (SSSR count). The van der Waals surface area contributed by atoms with Gasteiger partial charge in [0.25, 0.3) is 11.7 Å². The highest BCUT2D eigenvalue weighted by Crippen LogP contribution is 2.41. The Bertz CT molecular complexity index is 1330. The predicted octanol–water partition coefficient (Wildman–Crippen LogP) is 6.69. The highest BCUT2D eigenvalue weighted by Gasteiger charge is 2.46. The topological polar surface area (TPSA) is 66.8 Å². The zero-order valence-electron chi connectivity index (χ0n) is 21.1. The molecule has 0 saturated carbocycles. The van der Waals surface area contributed by atoms with Crippen LogP contribution in [0.25, 0.3) is 5.76 Å². The number of aliphatic hydroxyl groups excluding tert-OH is 1. The summed E-state index contributed by atoms with van der Waals surface area (Å²) in [4.78, 5) is 28.2. The largest absolute Gasteiger partial charge is 0.507 e. The minimum Gasteiger partial charge on any atom is -0.507 e. The van der Waals surface area contributed by atoms with Gasteiger partial charge < -0.3 is 14.7 Å². The zero-order valence-corrected chi connectivity index (χ0v) is 22.7. The third-order valence-electron chi connectivity index (χ3n) is 6.58. The van der Waals surface area contributed by atoms with Gasteiger partial charge in [-0.1, -0.05) is 79.2 Å². The van der Waals surface area contributed by atoms with E-state index in [-0.39, 0.29) is 23.3 Å². The number of benzene rings is 3. The number of likely N-dealkylation sites (tertiary alicyclic amines) is 1. The summed E-state index contributed by atoms with van der Waals surface area (Å²) < 4.78 is 6.14. The molecule has 1 unspecified atom stereocenters. The number of methoxy groups -OCH3 is 1. The monoisotopic (exact) mass is 547 g/mol. The van der Waals surface area contributed by atoms with Gasteiger partial charge in [0.05, 0.1) is 18.7 Å². The molecule has 1 amide bonds. The molecule has 1 saturated heterocycles. The molecule has 1 atom stereocenters. The van der Waals surface area contributed by atoms with Crippen LogP contribution in [0.4, 0.5) is 0 Å². The highest BCUT2D eigenvalue weighted by molar-refractivity contribution is 9.10. The van der Waals surface area contributed by atoms with E-state index < -0.39 is 17.7 Å². The second-order valence-electron chi connectivity index (χ2n) is 10.1. The van der Waals surface area contributed by atoms with Crippen molar-refractivity contribution in [2.75, 3.05) is 7.11 Å². The molecule has 36 heavy (non-hydrogen) atoms. The maximum absolute atomic E-state index is 13.3. The summed E-state index contributed by atoms with van der Waals surface area (Å²) in [7, 11) is 1.60. The Morgan fingerprint density at radius 2 is 1.64 bits per heavy atom. The van der Waals surface area contributed by atoms with Crippen LogP contribution in [0.1, 0.15) is 54.6 Å². The second kappa shape index (κ2) is 9.94. The van der Waals surface area contributed by atoms with E-state index in [0.29, 0.717) is 11.3 Å². The Kier molecular flexibility index (Phi) is 7.10. The fourth-order valence-electron chi connectivity index (χ4n) is 4.43. The van der Waals surface area contributed by atoms with Crippen molar-refractivity contribution in [2.45, 2.75) is 45.7 Å². The number of ketones is 1. The van der Waals surface area contributed by atoms with Gasteiger partial charge in [0, 0.05) is 16.6 Å². The van der Waals surface area contributed by atoms with E-state index in [1.807, 2.05) is 61.5 Å². The Labute approximate surface area is 220 Å². The number of aryl methyl sites for hydroxylation is 1. The van der Waals surface area contributed by atoms with E-state index in [9.17, 15) is 14.7 Å². The maximum Gasteiger partial charge on any atom is 0.295 e. The summed E-state index contributed by atoms with van der Waals surface area (Å²) in [5.74, 6) is -0.788. The van der Waals surface area contributed by atoms with E-state index in [1.54, 1.807) is 19.2 Å². The molecule has 0 radical (unpaired) electrons. The minimum absolute atomic E-state index is 0.0433. The maximum atomic E-state index is 13.3. The Hall–Kier alpha value is -3.38. The fourth-order valence-corrected chi connectivity index (χ4v) is 4.68. The molecule has 1 N–H and O–H groups in total. The predicted molar refractivity (Wildman–Crippen MR) is 145 cm³/mol. The molecule has 3 aromatic carbocycles. The van der Waals surface area contributed by atoms with Gasteiger partial charge in [-0.05, 0) is 58.9 Å². The lowest BCUT2D eigenvalue weighted by atomic mass is 9.85. The van der Waals surface area contributed by atoms with Crippen molar-refractivity contribution < 1.29 is 19.4 Å². The van der Waals surface area contributed by atoms with Gasteiger partial charge in [0.15, 0.2) is 0 Å². The van der Waals surface area contributed by atoms with E-state index in [1.165, 1.54) is 4.90 Å². The number of ether oxygens (including phenoxy) is 1. The Balaban J connectivity index is 1.84. The number of halogens is 1. The first kappa shape index (κ1) is 25.7. The van der Waals surface area contributed by atoms with Crippen LogP contribution in [-0.2, 0) is 21.5 Å². The van der Waals surface area contributed by atoms with Crippen molar-refractivity contribution >= 4 is 33.4 Å². The van der Waals surface area contributed by atoms with Gasteiger partial charge in [-0.3, -0.25) is 9.59 Å². The van der Waals surface area contributed by atoms with Crippen molar-refractivity contribution in [1.82, 2.24) is 4.90 Å². The number of amides is 1. The second-order valence-corrected chi connectivity index (χ2v) is 11.0. The normalized spacial score (nSPS) is 17.5. The summed E-state index contributed by atoms with van der Waals surface area (Å²) in [6.07, 6.45) is 0. The molecule has 1 heterocycles. The number of nitrogens with zero attached hydrogens (tertiary/aromatic N) is 1. The average molecular weight is 548 g/mol. The van der Waals surface area contributed by atoms with Gasteiger partial charge in [-0.25, -0.2) is 0 Å². The quantitative estimate of drug-likeness (QED) is 0.219. The van der Waals surface area contributed by atoms with E-state index in [0.717, 1.165) is 26.7 Å². The van der Waals surface area contributed by atoms with Gasteiger partial charge >= 0.3 is 0 Å². The first-order valence-corrected chi connectivity index (χ1v) is 12.6. The zero-order chi connectivity index (χ0) is 26.2. The van der Waals surface area contributed by atoms with Crippen LogP contribution in [0.5, 0.6) is 5.75 Å². The molecule has 3 aromatic rings. The number of hydrogen-bond acceptors (Lipinski definition) is 4. The third kappa shape index (κ3) is 4.96. The minimum atomic E-state index is -0.718. The number of carbonyl (C=O) groups is 2. The van der Waals surface area contributed by atoms with Gasteiger partial charge in [-0.15, -0.1) is 0 Å². The molecular weight excluding hydrogens is 518 g/mol. The van der Waals surface area contributed by atoms with Crippen LogP contribution in [-0.4, -0.2) is 28.8 Å². The third-order valence-corrected chi connectivity index (χ3v) is 7.47. The van der Waals surface area contributed by atoms with Crippen LogP contribution < -0.4 is 4.74 Å². The van der Waals surface area contributed by atoms with Crippen molar-refractivity contribution in [3.05, 3.63) is 105 Å². The molecule has 6 heteroatoms. The van der Waals surface area contributed by atoms with Crippen molar-refractivity contribution in [3.63, 3.8) is 0 Å². The molecule has 0 aliphatic carbocycles. The number of Topliss-reactive ketones (excluding diaryl/α,β-unsaturated/α-hetero) is 1. The number of aliphatic hydroxyl groups is 1. The Morgan fingerprint density at radius 1 is 1.00 bits per heavy atom. The van der Waals surface area contributed by atoms with Crippen LogP contribution in [0.3, 0.4) is 0 Å². The van der Waals surface area contributed by atoms with Crippen LogP contribution in [0.15, 0.2) is 76.8 Å². The van der Waals surface area contributed by atoms with Crippen LogP contribution in [0.2, 0.25) is 0 Å². The standard InChI is InChI=1S/C30H30BrNO4/c1-18-16-21(10-15-24(18)31)27(33)25-26(20-8-11-22(12-9-20)30(2,3)4)32(29(35)28(25)34)17-19-6-13-23(36-5)14-7-19/h6-16,26,33H,17H2,1-5H3/b27-25-. The molecular formula is C30H30BrNO4. The molecule has 5 nitrogen and oxygen atoms in total. The average Bonchev–Trinajstić information content (AvgIpc) is 3.10. The van der Waals surface area contributed by atoms with Crippen molar-refractivity contribution in [3.8, 4) is 5.75 Å². The number of hydrogen-bond donors (Lipinski definition) is 1. The van der Waals surface area contributed by atoms with E-state index in [2.05, 4.69) is 36.7 Å². The summed E-state index contributed by atoms with van der Waals surface area (Å²) in [6.45, 7) is 8.52. The highest BCUT2D eigenvalue weighted by atomic mass is 79.9. The molecule has 1 fully saturated rings. The van der Waals surface area contributed by atoms with Crippen LogP contribution >= 0.6 is 15.9 Å². The number of carbonyl (C=O) groups excluding carboxylic acids is 2.